The Bertz CT molecular complexity index is 660. The number of carbonyl (C=O) groups is 1. The molecule has 0 radical (unpaired) electrons. The van der Waals surface area contributed by atoms with Crippen LogP contribution in [0.25, 0.3) is 0 Å². The van der Waals surface area contributed by atoms with E-state index in [0.717, 1.165) is 5.56 Å². The van der Waals surface area contributed by atoms with E-state index in [-0.39, 0.29) is 12.5 Å². The Labute approximate surface area is 141 Å². The third kappa shape index (κ3) is 4.89. The number of amides is 1. The number of para-hydroxylation sites is 2. The molecule has 2 rings (SSSR count). The highest BCUT2D eigenvalue weighted by molar-refractivity contribution is 6.31. The number of halogens is 1. The molecule has 5 heteroatoms. The number of rotatable bonds is 7. The second-order valence-electron chi connectivity index (χ2n) is 5.01. The highest BCUT2D eigenvalue weighted by Gasteiger charge is 2.13. The predicted octanol–water partition coefficient (Wildman–Crippen LogP) is 3.78. The van der Waals surface area contributed by atoms with Gasteiger partial charge in [0.2, 0.25) is 0 Å². The second kappa shape index (κ2) is 8.44. The van der Waals surface area contributed by atoms with E-state index < -0.39 is 0 Å². The van der Waals surface area contributed by atoms with Crippen molar-refractivity contribution >= 4 is 17.5 Å². The summed E-state index contributed by atoms with van der Waals surface area (Å²) in [6.45, 7) is 2.83. The van der Waals surface area contributed by atoms with Gasteiger partial charge in [0.05, 0.1) is 6.61 Å². The number of ether oxygens (including phenoxy) is 2. The Hall–Kier alpha value is -2.20. The highest BCUT2D eigenvalue weighted by Crippen LogP contribution is 2.26. The summed E-state index contributed by atoms with van der Waals surface area (Å²) in [5, 5.41) is 0.648. The first-order valence-corrected chi connectivity index (χ1v) is 7.81. The Balaban J connectivity index is 1.93. The first-order valence-electron chi connectivity index (χ1n) is 7.43. The number of carbonyl (C=O) groups excluding carboxylic acids is 1. The van der Waals surface area contributed by atoms with Gasteiger partial charge in [-0.3, -0.25) is 4.79 Å². The molecule has 0 N–H and O–H groups in total. The zero-order valence-corrected chi connectivity index (χ0v) is 14.0. The average Bonchev–Trinajstić information content (AvgIpc) is 2.56. The molecule has 2 aromatic rings. The van der Waals surface area contributed by atoms with Gasteiger partial charge >= 0.3 is 0 Å². The van der Waals surface area contributed by atoms with Crippen molar-refractivity contribution < 1.29 is 14.3 Å². The molecule has 0 aliphatic rings. The molecule has 0 aromatic heterocycles. The van der Waals surface area contributed by atoms with E-state index in [1.807, 2.05) is 49.4 Å². The molecular formula is C18H20ClNO3. The van der Waals surface area contributed by atoms with Crippen LogP contribution >= 0.6 is 11.6 Å². The summed E-state index contributed by atoms with van der Waals surface area (Å²) >= 11 is 6.12. The Morgan fingerprint density at radius 1 is 1.04 bits per heavy atom. The van der Waals surface area contributed by atoms with Gasteiger partial charge in [-0.25, -0.2) is 0 Å². The molecule has 0 fully saturated rings. The lowest BCUT2D eigenvalue weighted by Crippen LogP contribution is -2.31. The SMILES string of the molecule is CCOc1ccccc1OCC(=O)N(C)Cc1ccccc1Cl. The molecule has 0 saturated carbocycles. The fraction of sp³-hybridized carbons (Fsp3) is 0.278. The van der Waals surface area contributed by atoms with Crippen LogP contribution in [0.1, 0.15) is 12.5 Å². The molecule has 0 aliphatic carbocycles. The van der Waals surface area contributed by atoms with E-state index in [9.17, 15) is 4.79 Å². The van der Waals surface area contributed by atoms with Gasteiger partial charge in [0, 0.05) is 18.6 Å². The largest absolute Gasteiger partial charge is 0.490 e. The average molecular weight is 334 g/mol. The lowest BCUT2D eigenvalue weighted by atomic mass is 10.2. The fourth-order valence-corrected chi connectivity index (χ4v) is 2.26. The van der Waals surface area contributed by atoms with Crippen molar-refractivity contribution in [2.75, 3.05) is 20.3 Å². The third-order valence-corrected chi connectivity index (χ3v) is 3.66. The summed E-state index contributed by atoms with van der Waals surface area (Å²) < 4.78 is 11.1. The third-order valence-electron chi connectivity index (χ3n) is 3.29. The molecule has 0 saturated heterocycles. The zero-order valence-electron chi connectivity index (χ0n) is 13.3. The lowest BCUT2D eigenvalue weighted by Gasteiger charge is -2.19. The zero-order chi connectivity index (χ0) is 16.7. The summed E-state index contributed by atoms with van der Waals surface area (Å²) in [6.07, 6.45) is 0. The fourth-order valence-electron chi connectivity index (χ4n) is 2.06. The van der Waals surface area contributed by atoms with Gasteiger partial charge in [-0.05, 0) is 30.7 Å². The Kier molecular flexibility index (Phi) is 6.29. The topological polar surface area (TPSA) is 38.8 Å². The monoisotopic (exact) mass is 333 g/mol. The van der Waals surface area contributed by atoms with Crippen LogP contribution in [0.15, 0.2) is 48.5 Å². The molecule has 0 unspecified atom stereocenters. The van der Waals surface area contributed by atoms with Crippen molar-refractivity contribution in [3.8, 4) is 11.5 Å². The van der Waals surface area contributed by atoms with Gasteiger partial charge < -0.3 is 14.4 Å². The van der Waals surface area contributed by atoms with Gasteiger partial charge in [0.15, 0.2) is 18.1 Å². The van der Waals surface area contributed by atoms with Crippen LogP contribution in [0.4, 0.5) is 0 Å². The van der Waals surface area contributed by atoms with Crippen molar-refractivity contribution in [3.63, 3.8) is 0 Å². The molecule has 4 nitrogen and oxygen atoms in total. The van der Waals surface area contributed by atoms with Gasteiger partial charge in [-0.2, -0.15) is 0 Å². The minimum absolute atomic E-state index is 0.0506. The first-order chi connectivity index (χ1) is 11.1. The van der Waals surface area contributed by atoms with Crippen molar-refractivity contribution in [2.45, 2.75) is 13.5 Å². The number of hydrogen-bond donors (Lipinski definition) is 0. The van der Waals surface area contributed by atoms with E-state index in [0.29, 0.717) is 29.7 Å². The first kappa shape index (κ1) is 17.2. The summed E-state index contributed by atoms with van der Waals surface area (Å²) in [4.78, 5) is 13.8. The number of nitrogens with zero attached hydrogens (tertiary/aromatic N) is 1. The van der Waals surface area contributed by atoms with Crippen LogP contribution in [-0.2, 0) is 11.3 Å². The summed E-state index contributed by atoms with van der Waals surface area (Å²) in [5.74, 6) is 1.07. The van der Waals surface area contributed by atoms with Crippen molar-refractivity contribution in [1.82, 2.24) is 4.90 Å². The smallest absolute Gasteiger partial charge is 0.260 e. The maximum Gasteiger partial charge on any atom is 0.260 e. The van der Waals surface area contributed by atoms with Crippen LogP contribution in [0.5, 0.6) is 11.5 Å². The quantitative estimate of drug-likeness (QED) is 0.774. The van der Waals surface area contributed by atoms with Crippen molar-refractivity contribution in [3.05, 3.63) is 59.1 Å². The van der Waals surface area contributed by atoms with Crippen LogP contribution in [0, 0.1) is 0 Å². The van der Waals surface area contributed by atoms with Gasteiger partial charge in [-0.15, -0.1) is 0 Å². The lowest BCUT2D eigenvalue weighted by molar-refractivity contribution is -0.132. The molecule has 0 aliphatic heterocycles. The normalized spacial score (nSPS) is 10.2. The minimum Gasteiger partial charge on any atom is -0.490 e. The summed E-state index contributed by atoms with van der Waals surface area (Å²) in [7, 11) is 1.73. The molecule has 2 aromatic carbocycles. The summed E-state index contributed by atoms with van der Waals surface area (Å²) in [6, 6.07) is 14.8. The maximum absolute atomic E-state index is 12.2. The molecule has 0 spiro atoms. The van der Waals surface area contributed by atoms with Gasteiger partial charge in [-0.1, -0.05) is 41.9 Å². The van der Waals surface area contributed by atoms with E-state index >= 15 is 0 Å². The Morgan fingerprint density at radius 3 is 2.30 bits per heavy atom. The number of likely N-dealkylation sites (N-methyl/N-ethyl adjacent to an activating group) is 1. The predicted molar refractivity (Wildman–Crippen MR) is 91.0 cm³/mol. The minimum atomic E-state index is -0.128. The van der Waals surface area contributed by atoms with Crippen molar-refractivity contribution in [1.29, 1.82) is 0 Å². The van der Waals surface area contributed by atoms with E-state index in [4.69, 9.17) is 21.1 Å². The molecular weight excluding hydrogens is 314 g/mol. The van der Waals surface area contributed by atoms with Crippen molar-refractivity contribution in [2.24, 2.45) is 0 Å². The van der Waals surface area contributed by atoms with Gasteiger partial charge in [0.25, 0.3) is 5.91 Å². The molecule has 0 heterocycles. The molecule has 1 amide bonds. The maximum atomic E-state index is 12.2. The molecule has 23 heavy (non-hydrogen) atoms. The Morgan fingerprint density at radius 2 is 1.65 bits per heavy atom. The van der Waals surface area contributed by atoms with Crippen LogP contribution in [-0.4, -0.2) is 31.1 Å². The van der Waals surface area contributed by atoms with Crippen LogP contribution in [0.3, 0.4) is 0 Å². The van der Waals surface area contributed by atoms with E-state index in [1.54, 1.807) is 18.0 Å². The van der Waals surface area contributed by atoms with Gasteiger partial charge in [0.1, 0.15) is 0 Å². The summed E-state index contributed by atoms with van der Waals surface area (Å²) in [5.41, 5.74) is 0.903. The number of hydrogen-bond acceptors (Lipinski definition) is 3. The standard InChI is InChI=1S/C18H20ClNO3/c1-3-22-16-10-6-7-11-17(16)23-13-18(21)20(2)12-14-8-4-5-9-15(14)19/h4-11H,3,12-13H2,1-2H3. The molecule has 122 valence electrons. The van der Waals surface area contributed by atoms with E-state index in [1.165, 1.54) is 0 Å². The second-order valence-corrected chi connectivity index (χ2v) is 5.42. The van der Waals surface area contributed by atoms with Crippen LogP contribution < -0.4 is 9.47 Å². The van der Waals surface area contributed by atoms with Crippen LogP contribution in [0.2, 0.25) is 5.02 Å². The molecule has 0 atom stereocenters. The van der Waals surface area contributed by atoms with E-state index in [2.05, 4.69) is 0 Å². The number of benzene rings is 2. The highest BCUT2D eigenvalue weighted by atomic mass is 35.5. The molecule has 0 bridgehead atoms.